The molecule has 0 bridgehead atoms. The summed E-state index contributed by atoms with van der Waals surface area (Å²) in [6, 6.07) is 5.32. The maximum Gasteiger partial charge on any atom is 0.272 e. The predicted molar refractivity (Wildman–Crippen MR) is 46.9 cm³/mol. The van der Waals surface area contributed by atoms with Gasteiger partial charge in [-0.3, -0.25) is 9.78 Å². The number of pyridine rings is 1. The van der Waals surface area contributed by atoms with Gasteiger partial charge in [-0.05, 0) is 19.1 Å². The van der Waals surface area contributed by atoms with Crippen molar-refractivity contribution in [3.63, 3.8) is 0 Å². The highest BCUT2D eigenvalue weighted by Crippen LogP contribution is 1.97. The topological polar surface area (TPSA) is 33.2 Å². The average Bonchev–Trinajstić information content (AvgIpc) is 2.17. The molecule has 0 fully saturated rings. The third kappa shape index (κ3) is 1.81. The second-order valence-electron chi connectivity index (χ2n) is 2.53. The minimum Gasteiger partial charge on any atom is -0.341 e. The highest BCUT2D eigenvalue weighted by molar-refractivity contribution is 5.91. The third-order valence-corrected chi connectivity index (χ3v) is 1.71. The van der Waals surface area contributed by atoms with Crippen molar-refractivity contribution < 1.29 is 4.79 Å². The van der Waals surface area contributed by atoms with E-state index in [9.17, 15) is 4.79 Å². The van der Waals surface area contributed by atoms with Crippen LogP contribution in [-0.4, -0.2) is 29.4 Å². The van der Waals surface area contributed by atoms with Crippen LogP contribution in [0.15, 0.2) is 24.4 Å². The van der Waals surface area contributed by atoms with Gasteiger partial charge in [0.25, 0.3) is 5.91 Å². The minimum absolute atomic E-state index is 0.0295. The van der Waals surface area contributed by atoms with E-state index in [4.69, 9.17) is 0 Å². The molecule has 0 aliphatic heterocycles. The van der Waals surface area contributed by atoms with Crippen LogP contribution in [0.4, 0.5) is 0 Å². The van der Waals surface area contributed by atoms with Crippen LogP contribution >= 0.6 is 0 Å². The van der Waals surface area contributed by atoms with Gasteiger partial charge in [-0.2, -0.15) is 0 Å². The van der Waals surface area contributed by atoms with Gasteiger partial charge in [0, 0.05) is 19.8 Å². The number of nitrogens with zero attached hydrogens (tertiary/aromatic N) is 2. The molecule has 0 aliphatic carbocycles. The van der Waals surface area contributed by atoms with E-state index in [0.29, 0.717) is 12.2 Å². The summed E-state index contributed by atoms with van der Waals surface area (Å²) < 4.78 is 0. The summed E-state index contributed by atoms with van der Waals surface area (Å²) in [5.41, 5.74) is 0.502. The monoisotopic (exact) mass is 164 g/mol. The second kappa shape index (κ2) is 3.85. The molecule has 3 nitrogen and oxygen atoms in total. The van der Waals surface area contributed by atoms with E-state index in [2.05, 4.69) is 4.98 Å². The molecular formula is C9H12N2O. The maximum atomic E-state index is 11.4. The van der Waals surface area contributed by atoms with Crippen LogP contribution in [0.2, 0.25) is 0 Å². The first kappa shape index (κ1) is 8.71. The lowest BCUT2D eigenvalue weighted by molar-refractivity contribution is 0.0796. The first-order valence-electron chi connectivity index (χ1n) is 3.92. The number of carbonyl (C=O) groups excluding carboxylic acids is 1. The maximum absolute atomic E-state index is 11.4. The van der Waals surface area contributed by atoms with Gasteiger partial charge < -0.3 is 4.90 Å². The Kier molecular flexibility index (Phi) is 2.80. The van der Waals surface area contributed by atoms with E-state index in [1.807, 2.05) is 13.0 Å². The van der Waals surface area contributed by atoms with Gasteiger partial charge in [0.2, 0.25) is 0 Å². The van der Waals surface area contributed by atoms with Crippen LogP contribution < -0.4 is 0 Å². The Bertz CT molecular complexity index is 258. The number of aromatic nitrogens is 1. The number of rotatable bonds is 2. The van der Waals surface area contributed by atoms with E-state index < -0.39 is 0 Å². The van der Waals surface area contributed by atoms with Gasteiger partial charge in [-0.1, -0.05) is 6.07 Å². The molecule has 1 rings (SSSR count). The molecule has 3 heteroatoms. The summed E-state index contributed by atoms with van der Waals surface area (Å²) in [5, 5.41) is 0. The Hall–Kier alpha value is -1.38. The summed E-state index contributed by atoms with van der Waals surface area (Å²) in [7, 11) is 1.76. The molecule has 0 saturated heterocycles. The molecule has 1 amide bonds. The zero-order chi connectivity index (χ0) is 8.97. The van der Waals surface area contributed by atoms with Crippen molar-refractivity contribution in [3.05, 3.63) is 30.1 Å². The Morgan fingerprint density at radius 3 is 2.83 bits per heavy atom. The quantitative estimate of drug-likeness (QED) is 0.657. The van der Waals surface area contributed by atoms with Crippen molar-refractivity contribution in [2.75, 3.05) is 13.6 Å². The number of hydrogen-bond acceptors (Lipinski definition) is 2. The summed E-state index contributed by atoms with van der Waals surface area (Å²) in [5.74, 6) is -0.0295. The van der Waals surface area contributed by atoms with Gasteiger partial charge >= 0.3 is 0 Å². The lowest BCUT2D eigenvalue weighted by Crippen LogP contribution is -2.26. The van der Waals surface area contributed by atoms with Crippen molar-refractivity contribution in [1.29, 1.82) is 0 Å². The first-order chi connectivity index (χ1) is 5.75. The molecular weight excluding hydrogens is 152 g/mol. The Balaban J connectivity index is 2.79. The minimum atomic E-state index is -0.0295. The van der Waals surface area contributed by atoms with Gasteiger partial charge in [-0.25, -0.2) is 0 Å². The standard InChI is InChI=1S/C9H12N2O/c1-3-11(2)9(12)8-6-4-5-7-10-8/h4-7H,3H2,1-2H3. The van der Waals surface area contributed by atoms with Crippen molar-refractivity contribution in [2.45, 2.75) is 6.92 Å². The Morgan fingerprint density at radius 1 is 1.58 bits per heavy atom. The molecule has 0 saturated carbocycles. The molecule has 1 heterocycles. The van der Waals surface area contributed by atoms with Crippen molar-refractivity contribution in [2.24, 2.45) is 0 Å². The molecule has 1 aromatic heterocycles. The smallest absolute Gasteiger partial charge is 0.272 e. The number of hydrogen-bond donors (Lipinski definition) is 0. The first-order valence-corrected chi connectivity index (χ1v) is 3.92. The highest BCUT2D eigenvalue weighted by atomic mass is 16.2. The largest absolute Gasteiger partial charge is 0.341 e. The lowest BCUT2D eigenvalue weighted by Gasteiger charge is -2.12. The Labute approximate surface area is 72.0 Å². The van der Waals surface area contributed by atoms with E-state index >= 15 is 0 Å². The van der Waals surface area contributed by atoms with Crippen LogP contribution in [-0.2, 0) is 0 Å². The summed E-state index contributed by atoms with van der Waals surface area (Å²) in [4.78, 5) is 17.0. The fraction of sp³-hybridized carbons (Fsp3) is 0.333. The van der Waals surface area contributed by atoms with E-state index in [1.54, 1.807) is 30.3 Å². The fourth-order valence-corrected chi connectivity index (χ4v) is 0.828. The summed E-state index contributed by atoms with van der Waals surface area (Å²) >= 11 is 0. The normalized spacial score (nSPS) is 9.50. The van der Waals surface area contributed by atoms with Gasteiger partial charge in [0.05, 0.1) is 0 Å². The molecule has 0 aliphatic rings. The van der Waals surface area contributed by atoms with E-state index in [1.165, 1.54) is 0 Å². The van der Waals surface area contributed by atoms with Gasteiger partial charge in [-0.15, -0.1) is 0 Å². The molecule has 0 radical (unpaired) electrons. The second-order valence-corrected chi connectivity index (χ2v) is 2.53. The van der Waals surface area contributed by atoms with Crippen molar-refractivity contribution >= 4 is 5.91 Å². The fourth-order valence-electron chi connectivity index (χ4n) is 0.828. The highest BCUT2D eigenvalue weighted by Gasteiger charge is 2.09. The van der Waals surface area contributed by atoms with Crippen LogP contribution in [0.1, 0.15) is 17.4 Å². The lowest BCUT2D eigenvalue weighted by atomic mass is 10.3. The molecule has 0 aromatic carbocycles. The molecule has 0 atom stereocenters. The van der Waals surface area contributed by atoms with Crippen molar-refractivity contribution in [1.82, 2.24) is 9.88 Å². The number of carbonyl (C=O) groups is 1. The molecule has 12 heavy (non-hydrogen) atoms. The summed E-state index contributed by atoms with van der Waals surface area (Å²) in [6.45, 7) is 2.64. The van der Waals surface area contributed by atoms with E-state index in [0.717, 1.165) is 0 Å². The third-order valence-electron chi connectivity index (χ3n) is 1.71. The molecule has 0 spiro atoms. The van der Waals surface area contributed by atoms with Gasteiger partial charge in [0.15, 0.2) is 0 Å². The Morgan fingerprint density at radius 2 is 2.33 bits per heavy atom. The molecule has 0 N–H and O–H groups in total. The zero-order valence-corrected chi connectivity index (χ0v) is 7.32. The average molecular weight is 164 g/mol. The SMILES string of the molecule is CCN(C)C(=O)c1ccccn1. The van der Waals surface area contributed by atoms with Gasteiger partial charge in [0.1, 0.15) is 5.69 Å². The molecule has 1 aromatic rings. The van der Waals surface area contributed by atoms with Crippen molar-refractivity contribution in [3.8, 4) is 0 Å². The number of amides is 1. The van der Waals surface area contributed by atoms with Crippen LogP contribution in [0.3, 0.4) is 0 Å². The van der Waals surface area contributed by atoms with E-state index in [-0.39, 0.29) is 5.91 Å². The predicted octanol–water partition coefficient (Wildman–Crippen LogP) is 1.17. The summed E-state index contributed by atoms with van der Waals surface area (Å²) in [6.07, 6.45) is 1.62. The molecule has 0 unspecified atom stereocenters. The zero-order valence-electron chi connectivity index (χ0n) is 7.32. The van der Waals surface area contributed by atoms with Crippen LogP contribution in [0.25, 0.3) is 0 Å². The molecule has 64 valence electrons. The van der Waals surface area contributed by atoms with Crippen LogP contribution in [0, 0.1) is 0 Å². The van der Waals surface area contributed by atoms with Crippen LogP contribution in [0.5, 0.6) is 0 Å².